The molecule has 2 aromatic rings. The zero-order chi connectivity index (χ0) is 19.1. The van der Waals surface area contributed by atoms with E-state index >= 15 is 0 Å². The number of anilines is 1. The van der Waals surface area contributed by atoms with Crippen LogP contribution in [0.3, 0.4) is 0 Å². The molecule has 2 N–H and O–H groups in total. The number of benzene rings is 1. The highest BCUT2D eigenvalue weighted by molar-refractivity contribution is 14.0. The third kappa shape index (κ3) is 6.58. The molecule has 1 atom stereocenters. The van der Waals surface area contributed by atoms with E-state index in [4.69, 9.17) is 4.99 Å². The van der Waals surface area contributed by atoms with Gasteiger partial charge in [0.15, 0.2) is 5.96 Å². The second-order valence-electron chi connectivity index (χ2n) is 6.69. The first-order valence-electron chi connectivity index (χ1n) is 9.66. The molecule has 5 nitrogen and oxygen atoms in total. The maximum atomic E-state index is 13.5. The summed E-state index contributed by atoms with van der Waals surface area (Å²) in [6.45, 7) is 7.36. The molecule has 0 spiro atoms. The summed E-state index contributed by atoms with van der Waals surface area (Å²) in [7, 11) is 0. The standard InChI is InChI=1S/C20H28FN5S.HI/c1-3-19-24-17(14-27-19)12-23-20(22-4-2)25-16-8-6-10-26(13-16)18-9-5-7-15(21)11-18;/h5,7,9,11,14,16H,3-4,6,8,10,12-13H2,1-2H3,(H2,22,23,25);1H. The molecule has 154 valence electrons. The van der Waals surface area contributed by atoms with Crippen molar-refractivity contribution in [2.75, 3.05) is 24.5 Å². The Labute approximate surface area is 187 Å². The Morgan fingerprint density at radius 1 is 1.39 bits per heavy atom. The highest BCUT2D eigenvalue weighted by Gasteiger charge is 2.21. The van der Waals surface area contributed by atoms with Crippen LogP contribution >= 0.6 is 35.3 Å². The minimum absolute atomic E-state index is 0. The van der Waals surface area contributed by atoms with Crippen molar-refractivity contribution < 1.29 is 4.39 Å². The SMILES string of the molecule is CCNC(=NCc1csc(CC)n1)NC1CCCN(c2cccc(F)c2)C1.I. The van der Waals surface area contributed by atoms with Crippen LogP contribution in [0.1, 0.15) is 37.4 Å². The molecule has 1 aromatic heterocycles. The van der Waals surface area contributed by atoms with Gasteiger partial charge in [-0.2, -0.15) is 0 Å². The molecule has 0 radical (unpaired) electrons. The summed E-state index contributed by atoms with van der Waals surface area (Å²) in [5.74, 6) is 0.627. The van der Waals surface area contributed by atoms with E-state index < -0.39 is 0 Å². The van der Waals surface area contributed by atoms with E-state index in [2.05, 4.69) is 39.7 Å². The van der Waals surface area contributed by atoms with Gasteiger partial charge in [-0.3, -0.25) is 0 Å². The zero-order valence-corrected chi connectivity index (χ0v) is 19.6. The number of piperidine rings is 1. The number of thiazole rings is 1. The zero-order valence-electron chi connectivity index (χ0n) is 16.4. The fourth-order valence-corrected chi connectivity index (χ4v) is 4.00. The molecular formula is C20H29FIN5S. The van der Waals surface area contributed by atoms with Crippen molar-refractivity contribution in [2.24, 2.45) is 4.99 Å². The van der Waals surface area contributed by atoms with Gasteiger partial charge >= 0.3 is 0 Å². The molecule has 8 heteroatoms. The van der Waals surface area contributed by atoms with Crippen LogP contribution in [0, 0.1) is 5.82 Å². The fraction of sp³-hybridized carbons (Fsp3) is 0.500. The van der Waals surface area contributed by atoms with E-state index in [1.807, 2.05) is 6.07 Å². The molecule has 0 aliphatic carbocycles. The predicted octanol–water partition coefficient (Wildman–Crippen LogP) is 4.19. The van der Waals surface area contributed by atoms with Crippen molar-refractivity contribution in [1.29, 1.82) is 0 Å². The van der Waals surface area contributed by atoms with Crippen molar-refractivity contribution in [3.8, 4) is 0 Å². The maximum absolute atomic E-state index is 13.5. The van der Waals surface area contributed by atoms with Gasteiger partial charge in [-0.15, -0.1) is 35.3 Å². The Balaban J connectivity index is 0.00000280. The summed E-state index contributed by atoms with van der Waals surface area (Å²) in [6, 6.07) is 7.11. The van der Waals surface area contributed by atoms with Gasteiger partial charge in [0.25, 0.3) is 0 Å². The van der Waals surface area contributed by atoms with Gasteiger partial charge in [-0.1, -0.05) is 13.0 Å². The highest BCUT2D eigenvalue weighted by Crippen LogP contribution is 2.20. The number of aliphatic imine (C=N–C) groups is 1. The van der Waals surface area contributed by atoms with Crippen molar-refractivity contribution >= 4 is 47.0 Å². The number of rotatable bonds is 6. The molecule has 2 heterocycles. The quantitative estimate of drug-likeness (QED) is 0.343. The second kappa shape index (κ2) is 11.5. The predicted molar refractivity (Wildman–Crippen MR) is 126 cm³/mol. The number of aryl methyl sites for hydroxylation is 1. The number of nitrogens with one attached hydrogen (secondary N) is 2. The topological polar surface area (TPSA) is 52.6 Å². The van der Waals surface area contributed by atoms with E-state index in [0.29, 0.717) is 6.54 Å². The number of nitrogens with zero attached hydrogens (tertiary/aromatic N) is 3. The third-order valence-corrected chi connectivity index (χ3v) is 5.62. The Morgan fingerprint density at radius 3 is 2.96 bits per heavy atom. The van der Waals surface area contributed by atoms with E-state index in [-0.39, 0.29) is 35.8 Å². The average Bonchev–Trinajstić information content (AvgIpc) is 3.15. The van der Waals surface area contributed by atoms with Crippen LogP contribution < -0.4 is 15.5 Å². The van der Waals surface area contributed by atoms with Gasteiger partial charge in [0.05, 0.1) is 17.2 Å². The monoisotopic (exact) mass is 517 g/mol. The lowest BCUT2D eigenvalue weighted by molar-refractivity contribution is 0.467. The first kappa shape index (κ1) is 22.9. The number of hydrogen-bond donors (Lipinski definition) is 2. The summed E-state index contributed by atoms with van der Waals surface area (Å²) in [6.07, 6.45) is 3.11. The number of guanidine groups is 1. The van der Waals surface area contributed by atoms with Gasteiger partial charge in [-0.25, -0.2) is 14.4 Å². The first-order chi connectivity index (χ1) is 13.2. The molecule has 1 saturated heterocycles. The lowest BCUT2D eigenvalue weighted by Crippen LogP contribution is -2.51. The lowest BCUT2D eigenvalue weighted by Gasteiger charge is -2.35. The molecular weight excluding hydrogens is 488 g/mol. The Morgan fingerprint density at radius 2 is 2.25 bits per heavy atom. The minimum atomic E-state index is -0.188. The largest absolute Gasteiger partial charge is 0.369 e. The first-order valence-corrected chi connectivity index (χ1v) is 10.5. The highest BCUT2D eigenvalue weighted by atomic mass is 127. The van der Waals surface area contributed by atoms with E-state index in [9.17, 15) is 4.39 Å². The van der Waals surface area contributed by atoms with Crippen LogP contribution in [0.4, 0.5) is 10.1 Å². The van der Waals surface area contributed by atoms with Crippen LogP contribution in [-0.4, -0.2) is 36.6 Å². The van der Waals surface area contributed by atoms with Crippen molar-refractivity contribution in [3.63, 3.8) is 0 Å². The Hall–Kier alpha value is -1.42. The van der Waals surface area contributed by atoms with Crippen molar-refractivity contribution in [2.45, 2.75) is 45.7 Å². The molecule has 1 aliphatic heterocycles. The smallest absolute Gasteiger partial charge is 0.191 e. The molecule has 28 heavy (non-hydrogen) atoms. The number of hydrogen-bond acceptors (Lipinski definition) is 4. The van der Waals surface area contributed by atoms with Crippen LogP contribution in [0.15, 0.2) is 34.6 Å². The summed E-state index contributed by atoms with van der Waals surface area (Å²) in [5.41, 5.74) is 1.96. The summed E-state index contributed by atoms with van der Waals surface area (Å²) >= 11 is 1.69. The van der Waals surface area contributed by atoms with E-state index in [1.165, 1.54) is 6.07 Å². The molecule has 3 rings (SSSR count). The Bertz CT molecular complexity index is 767. The van der Waals surface area contributed by atoms with Crippen LogP contribution in [0.2, 0.25) is 0 Å². The number of halogens is 2. The lowest BCUT2D eigenvalue weighted by atomic mass is 10.0. The number of aromatic nitrogens is 1. The second-order valence-corrected chi connectivity index (χ2v) is 7.63. The molecule has 0 amide bonds. The summed E-state index contributed by atoms with van der Waals surface area (Å²) in [4.78, 5) is 11.5. The van der Waals surface area contributed by atoms with Crippen molar-refractivity contribution in [3.05, 3.63) is 46.2 Å². The molecule has 1 unspecified atom stereocenters. The Kier molecular flexibility index (Phi) is 9.43. The summed E-state index contributed by atoms with van der Waals surface area (Å²) in [5, 5.41) is 10.1. The third-order valence-electron chi connectivity index (χ3n) is 4.58. The fourth-order valence-electron chi connectivity index (χ4n) is 3.26. The van der Waals surface area contributed by atoms with Gasteiger partial charge in [0, 0.05) is 36.7 Å². The van der Waals surface area contributed by atoms with Gasteiger partial charge < -0.3 is 15.5 Å². The average molecular weight is 517 g/mol. The molecule has 1 aromatic carbocycles. The van der Waals surface area contributed by atoms with E-state index in [1.54, 1.807) is 23.5 Å². The summed E-state index contributed by atoms with van der Waals surface area (Å²) < 4.78 is 13.5. The minimum Gasteiger partial charge on any atom is -0.369 e. The van der Waals surface area contributed by atoms with Crippen LogP contribution in [-0.2, 0) is 13.0 Å². The molecule has 0 saturated carbocycles. The maximum Gasteiger partial charge on any atom is 0.191 e. The normalized spacial score (nSPS) is 17.2. The van der Waals surface area contributed by atoms with Crippen LogP contribution in [0.25, 0.3) is 0 Å². The molecule has 1 aliphatic rings. The van der Waals surface area contributed by atoms with E-state index in [0.717, 1.165) is 61.2 Å². The van der Waals surface area contributed by atoms with Gasteiger partial charge in [0.2, 0.25) is 0 Å². The van der Waals surface area contributed by atoms with Gasteiger partial charge in [-0.05, 0) is 44.4 Å². The van der Waals surface area contributed by atoms with Gasteiger partial charge in [0.1, 0.15) is 5.82 Å². The molecule has 1 fully saturated rings. The van der Waals surface area contributed by atoms with Crippen molar-refractivity contribution in [1.82, 2.24) is 15.6 Å². The molecule has 0 bridgehead atoms. The van der Waals surface area contributed by atoms with Crippen LogP contribution in [0.5, 0.6) is 0 Å².